The predicted molar refractivity (Wildman–Crippen MR) is 92.1 cm³/mol. The van der Waals surface area contributed by atoms with Crippen LogP contribution in [0.5, 0.6) is 0 Å². The Morgan fingerprint density at radius 3 is 2.09 bits per heavy atom. The summed E-state index contributed by atoms with van der Waals surface area (Å²) in [7, 11) is 0. The zero-order chi connectivity index (χ0) is 16.8. The van der Waals surface area contributed by atoms with Crippen LogP contribution in [0.3, 0.4) is 0 Å². The molecule has 2 N–H and O–H groups in total. The lowest BCUT2D eigenvalue weighted by Gasteiger charge is -2.57. The number of hydrogen-bond donors (Lipinski definition) is 2. The van der Waals surface area contributed by atoms with Gasteiger partial charge in [-0.15, -0.1) is 0 Å². The van der Waals surface area contributed by atoms with Crippen LogP contribution in [0.25, 0.3) is 0 Å². The molecule has 0 aromatic rings. The van der Waals surface area contributed by atoms with E-state index in [0.29, 0.717) is 6.54 Å². The Hall–Kier alpha value is -0.610. The quantitative estimate of drug-likeness (QED) is 0.790. The predicted octanol–water partition coefficient (Wildman–Crippen LogP) is 2.55. The molecule has 4 bridgehead atoms. The summed E-state index contributed by atoms with van der Waals surface area (Å²) in [6.07, 6.45) is 7.75. The molecule has 4 rings (SSSR count). The number of likely N-dealkylation sites (N-methyl/N-ethyl adjacent to an activating group) is 1. The molecule has 132 valence electrons. The van der Waals surface area contributed by atoms with Crippen LogP contribution >= 0.6 is 0 Å². The summed E-state index contributed by atoms with van der Waals surface area (Å²) >= 11 is 0. The summed E-state index contributed by atoms with van der Waals surface area (Å²) in [5.74, 6) is 2.68. The smallest absolute Gasteiger partial charge is 0.237 e. The zero-order valence-electron chi connectivity index (χ0n) is 15.3. The zero-order valence-corrected chi connectivity index (χ0v) is 15.3. The van der Waals surface area contributed by atoms with Gasteiger partial charge in [-0.1, -0.05) is 6.92 Å². The van der Waals surface area contributed by atoms with Gasteiger partial charge in [-0.05, 0) is 83.6 Å². The monoisotopic (exact) mass is 322 g/mol. The number of carbonyl (C=O) groups is 1. The molecule has 4 fully saturated rings. The van der Waals surface area contributed by atoms with E-state index in [1.807, 2.05) is 6.92 Å². The van der Waals surface area contributed by atoms with E-state index in [-0.39, 0.29) is 17.5 Å². The second kappa shape index (κ2) is 6.03. The SMILES string of the molecule is CCN(CC(C)(C)O)C(C)C(=O)NC12CC3CC(CC(C3)C1)C2. The number of nitrogens with zero attached hydrogens (tertiary/aromatic N) is 1. The average molecular weight is 322 g/mol. The molecule has 4 saturated carbocycles. The van der Waals surface area contributed by atoms with E-state index in [1.165, 1.54) is 38.5 Å². The van der Waals surface area contributed by atoms with Crippen LogP contribution in [0.2, 0.25) is 0 Å². The maximum Gasteiger partial charge on any atom is 0.237 e. The summed E-state index contributed by atoms with van der Waals surface area (Å²) in [5.41, 5.74) is -0.695. The van der Waals surface area contributed by atoms with Gasteiger partial charge < -0.3 is 10.4 Å². The topological polar surface area (TPSA) is 52.6 Å². The molecule has 0 aliphatic heterocycles. The van der Waals surface area contributed by atoms with Gasteiger partial charge in [0.15, 0.2) is 0 Å². The van der Waals surface area contributed by atoms with E-state index in [1.54, 1.807) is 13.8 Å². The third-order valence-electron chi connectivity index (χ3n) is 6.35. The molecule has 0 radical (unpaired) electrons. The molecular formula is C19H34N2O2. The van der Waals surface area contributed by atoms with Crippen molar-refractivity contribution in [2.45, 2.75) is 83.4 Å². The Labute approximate surface area is 141 Å². The molecule has 23 heavy (non-hydrogen) atoms. The van der Waals surface area contributed by atoms with E-state index >= 15 is 0 Å². The highest BCUT2D eigenvalue weighted by Crippen LogP contribution is 2.55. The Morgan fingerprint density at radius 2 is 1.70 bits per heavy atom. The van der Waals surface area contributed by atoms with Crippen LogP contribution in [0.1, 0.15) is 66.2 Å². The van der Waals surface area contributed by atoms with E-state index < -0.39 is 5.60 Å². The van der Waals surface area contributed by atoms with Gasteiger partial charge in [0.1, 0.15) is 0 Å². The lowest BCUT2D eigenvalue weighted by atomic mass is 9.53. The molecule has 4 aliphatic rings. The number of rotatable bonds is 6. The third kappa shape index (κ3) is 3.74. The van der Waals surface area contributed by atoms with Crippen LogP contribution in [0.4, 0.5) is 0 Å². The Morgan fingerprint density at radius 1 is 1.22 bits per heavy atom. The van der Waals surface area contributed by atoms with Crippen LogP contribution in [-0.4, -0.2) is 46.2 Å². The fourth-order valence-corrected chi connectivity index (χ4v) is 5.81. The molecule has 0 aromatic heterocycles. The van der Waals surface area contributed by atoms with Gasteiger partial charge in [-0.25, -0.2) is 0 Å². The molecule has 0 heterocycles. The minimum atomic E-state index is -0.773. The molecule has 4 aliphatic carbocycles. The van der Waals surface area contributed by atoms with Gasteiger partial charge in [0.2, 0.25) is 5.91 Å². The lowest BCUT2D eigenvalue weighted by molar-refractivity contribution is -0.132. The van der Waals surface area contributed by atoms with Crippen molar-refractivity contribution in [1.29, 1.82) is 0 Å². The molecular weight excluding hydrogens is 288 g/mol. The minimum absolute atomic E-state index is 0.0776. The van der Waals surface area contributed by atoms with E-state index in [0.717, 1.165) is 24.3 Å². The Balaban J connectivity index is 1.64. The second-order valence-electron chi connectivity index (χ2n) is 9.24. The molecule has 1 unspecified atom stereocenters. The van der Waals surface area contributed by atoms with Crippen molar-refractivity contribution in [3.63, 3.8) is 0 Å². The van der Waals surface area contributed by atoms with Gasteiger partial charge >= 0.3 is 0 Å². The summed E-state index contributed by atoms with van der Waals surface area (Å²) < 4.78 is 0. The van der Waals surface area contributed by atoms with Gasteiger partial charge in [-0.3, -0.25) is 9.69 Å². The van der Waals surface area contributed by atoms with Gasteiger partial charge in [0.25, 0.3) is 0 Å². The van der Waals surface area contributed by atoms with Crippen molar-refractivity contribution in [3.05, 3.63) is 0 Å². The van der Waals surface area contributed by atoms with Crippen molar-refractivity contribution in [2.24, 2.45) is 17.8 Å². The largest absolute Gasteiger partial charge is 0.389 e. The summed E-state index contributed by atoms with van der Waals surface area (Å²) in [6, 6.07) is -0.181. The number of hydrogen-bond acceptors (Lipinski definition) is 3. The van der Waals surface area contributed by atoms with E-state index in [2.05, 4.69) is 17.1 Å². The molecule has 0 spiro atoms. The summed E-state index contributed by atoms with van der Waals surface area (Å²) in [5, 5.41) is 13.5. The van der Waals surface area contributed by atoms with E-state index in [9.17, 15) is 9.90 Å². The fraction of sp³-hybridized carbons (Fsp3) is 0.947. The highest BCUT2D eigenvalue weighted by atomic mass is 16.3. The maximum absolute atomic E-state index is 12.9. The van der Waals surface area contributed by atoms with Crippen LogP contribution < -0.4 is 5.32 Å². The molecule has 1 atom stereocenters. The molecule has 4 nitrogen and oxygen atoms in total. The number of nitrogens with one attached hydrogen (secondary N) is 1. The van der Waals surface area contributed by atoms with Crippen molar-refractivity contribution in [3.8, 4) is 0 Å². The van der Waals surface area contributed by atoms with Crippen molar-refractivity contribution in [2.75, 3.05) is 13.1 Å². The Bertz CT molecular complexity index is 419. The molecule has 4 heteroatoms. The highest BCUT2D eigenvalue weighted by Gasteiger charge is 2.51. The van der Waals surface area contributed by atoms with Gasteiger partial charge in [0.05, 0.1) is 11.6 Å². The average Bonchev–Trinajstić information content (AvgIpc) is 2.40. The van der Waals surface area contributed by atoms with Crippen LogP contribution in [-0.2, 0) is 4.79 Å². The van der Waals surface area contributed by atoms with Gasteiger partial charge in [-0.2, -0.15) is 0 Å². The number of carbonyl (C=O) groups excluding carboxylic acids is 1. The molecule has 0 aromatic carbocycles. The first-order valence-electron chi connectivity index (χ1n) is 9.48. The van der Waals surface area contributed by atoms with Gasteiger partial charge in [0, 0.05) is 12.1 Å². The van der Waals surface area contributed by atoms with Crippen LogP contribution in [0, 0.1) is 17.8 Å². The van der Waals surface area contributed by atoms with Crippen molar-refractivity contribution >= 4 is 5.91 Å². The highest BCUT2D eigenvalue weighted by molar-refractivity contribution is 5.82. The third-order valence-corrected chi connectivity index (χ3v) is 6.35. The fourth-order valence-electron chi connectivity index (χ4n) is 5.81. The first-order chi connectivity index (χ1) is 10.7. The molecule has 0 saturated heterocycles. The maximum atomic E-state index is 12.9. The normalized spacial score (nSPS) is 37.2. The standard InChI is InChI=1S/C19H34N2O2/c1-5-21(12-18(3,4)23)13(2)17(22)20-19-9-14-6-15(10-19)8-16(7-14)11-19/h13-16,23H,5-12H2,1-4H3,(H,20,22). The van der Waals surface area contributed by atoms with Crippen molar-refractivity contribution < 1.29 is 9.90 Å². The number of amides is 1. The number of aliphatic hydroxyl groups is 1. The van der Waals surface area contributed by atoms with E-state index in [4.69, 9.17) is 0 Å². The Kier molecular flexibility index (Phi) is 4.52. The summed E-state index contributed by atoms with van der Waals surface area (Å²) in [6.45, 7) is 8.95. The lowest BCUT2D eigenvalue weighted by Crippen LogP contribution is -2.62. The minimum Gasteiger partial charge on any atom is -0.389 e. The van der Waals surface area contributed by atoms with Crippen molar-refractivity contribution in [1.82, 2.24) is 10.2 Å². The second-order valence-corrected chi connectivity index (χ2v) is 9.24. The summed E-state index contributed by atoms with van der Waals surface area (Å²) in [4.78, 5) is 15.0. The first-order valence-corrected chi connectivity index (χ1v) is 9.48. The molecule has 1 amide bonds. The van der Waals surface area contributed by atoms with Crippen LogP contribution in [0.15, 0.2) is 0 Å². The first kappa shape index (κ1) is 17.2.